The Morgan fingerprint density at radius 3 is 2.64 bits per heavy atom. The van der Waals surface area contributed by atoms with E-state index in [1.165, 1.54) is 19.1 Å². The number of alkyl halides is 1. The van der Waals surface area contributed by atoms with Gasteiger partial charge in [-0.15, -0.1) is 0 Å². The van der Waals surface area contributed by atoms with Gasteiger partial charge in [0.1, 0.15) is 11.5 Å². The van der Waals surface area contributed by atoms with Gasteiger partial charge in [-0.1, -0.05) is 6.07 Å². The lowest BCUT2D eigenvalue weighted by Gasteiger charge is -2.19. The first-order valence-electron chi connectivity index (χ1n) is 4.58. The molecule has 1 aromatic rings. The van der Waals surface area contributed by atoms with E-state index in [9.17, 15) is 8.78 Å². The molecule has 3 heteroatoms. The molecule has 2 N–H and O–H groups in total. The van der Waals surface area contributed by atoms with Crippen LogP contribution >= 0.6 is 0 Å². The number of aryl methyl sites for hydroxylation is 1. The lowest BCUT2D eigenvalue weighted by Crippen LogP contribution is -2.31. The maximum atomic E-state index is 13.6. The minimum Gasteiger partial charge on any atom is -0.328 e. The van der Waals surface area contributed by atoms with Gasteiger partial charge in [-0.2, -0.15) is 0 Å². The molecule has 14 heavy (non-hydrogen) atoms. The summed E-state index contributed by atoms with van der Waals surface area (Å²) in [5.74, 6) is -0.335. The Morgan fingerprint density at radius 2 is 2.07 bits per heavy atom. The van der Waals surface area contributed by atoms with Crippen molar-refractivity contribution in [2.75, 3.05) is 6.54 Å². The van der Waals surface area contributed by atoms with Crippen LogP contribution in [-0.2, 0) is 6.42 Å². The van der Waals surface area contributed by atoms with Crippen molar-refractivity contribution in [1.29, 1.82) is 0 Å². The molecule has 0 aliphatic rings. The zero-order chi connectivity index (χ0) is 10.8. The highest BCUT2D eigenvalue weighted by Crippen LogP contribution is 2.19. The monoisotopic (exact) mass is 199 g/mol. The average molecular weight is 199 g/mol. The maximum absolute atomic E-state index is 13.6. The fraction of sp³-hybridized carbons (Fsp3) is 0.455. The topological polar surface area (TPSA) is 26.0 Å². The number of hydrogen-bond acceptors (Lipinski definition) is 1. The molecule has 0 saturated heterocycles. The summed E-state index contributed by atoms with van der Waals surface area (Å²) in [6.07, 6.45) is 0.160. The SMILES string of the molecule is Cc1ccc(F)cc1CC(C)(F)CN. The summed E-state index contributed by atoms with van der Waals surface area (Å²) < 4.78 is 26.4. The summed E-state index contributed by atoms with van der Waals surface area (Å²) in [4.78, 5) is 0. The van der Waals surface area contributed by atoms with Crippen molar-refractivity contribution in [2.45, 2.75) is 25.9 Å². The van der Waals surface area contributed by atoms with E-state index in [2.05, 4.69) is 0 Å². The van der Waals surface area contributed by atoms with Crippen molar-refractivity contribution in [3.8, 4) is 0 Å². The van der Waals surface area contributed by atoms with Crippen molar-refractivity contribution in [1.82, 2.24) is 0 Å². The van der Waals surface area contributed by atoms with Crippen LogP contribution in [0, 0.1) is 12.7 Å². The largest absolute Gasteiger partial charge is 0.328 e. The molecule has 1 atom stereocenters. The minimum absolute atomic E-state index is 0.0526. The Balaban J connectivity index is 2.91. The first kappa shape index (κ1) is 11.1. The van der Waals surface area contributed by atoms with E-state index in [1.54, 1.807) is 6.07 Å². The van der Waals surface area contributed by atoms with Gasteiger partial charge in [0, 0.05) is 13.0 Å². The third-order valence-corrected chi connectivity index (χ3v) is 2.30. The molecule has 1 unspecified atom stereocenters. The second-order valence-corrected chi connectivity index (χ2v) is 3.87. The van der Waals surface area contributed by atoms with E-state index in [0.717, 1.165) is 5.56 Å². The van der Waals surface area contributed by atoms with Gasteiger partial charge in [-0.05, 0) is 37.1 Å². The molecule has 0 saturated carbocycles. The van der Waals surface area contributed by atoms with E-state index in [1.807, 2.05) is 6.92 Å². The van der Waals surface area contributed by atoms with Crippen LogP contribution in [0.15, 0.2) is 18.2 Å². The summed E-state index contributed by atoms with van der Waals surface area (Å²) in [5.41, 5.74) is 5.39. The molecular formula is C11H15F2N. The van der Waals surface area contributed by atoms with Crippen LogP contribution in [0.25, 0.3) is 0 Å². The van der Waals surface area contributed by atoms with Crippen LogP contribution in [0.3, 0.4) is 0 Å². The number of rotatable bonds is 3. The van der Waals surface area contributed by atoms with Gasteiger partial charge in [-0.25, -0.2) is 8.78 Å². The van der Waals surface area contributed by atoms with Crippen LogP contribution in [0.4, 0.5) is 8.78 Å². The Hall–Kier alpha value is -0.960. The van der Waals surface area contributed by atoms with Gasteiger partial charge in [0.2, 0.25) is 0 Å². The fourth-order valence-electron chi connectivity index (χ4n) is 1.30. The fourth-order valence-corrected chi connectivity index (χ4v) is 1.30. The maximum Gasteiger partial charge on any atom is 0.124 e. The van der Waals surface area contributed by atoms with Gasteiger partial charge in [0.25, 0.3) is 0 Å². The lowest BCUT2D eigenvalue weighted by molar-refractivity contribution is 0.199. The molecule has 0 aliphatic carbocycles. The highest BCUT2D eigenvalue weighted by molar-refractivity contribution is 5.27. The molecule has 0 spiro atoms. The number of benzene rings is 1. The van der Waals surface area contributed by atoms with Gasteiger partial charge in [0.15, 0.2) is 0 Å². The lowest BCUT2D eigenvalue weighted by atomic mass is 9.95. The van der Waals surface area contributed by atoms with E-state index < -0.39 is 5.67 Å². The molecule has 0 fully saturated rings. The molecule has 1 nitrogen and oxygen atoms in total. The second kappa shape index (κ2) is 4.05. The van der Waals surface area contributed by atoms with Gasteiger partial charge >= 0.3 is 0 Å². The van der Waals surface area contributed by atoms with Gasteiger partial charge < -0.3 is 5.73 Å². The van der Waals surface area contributed by atoms with Crippen molar-refractivity contribution < 1.29 is 8.78 Å². The smallest absolute Gasteiger partial charge is 0.124 e. The molecule has 0 amide bonds. The summed E-state index contributed by atoms with van der Waals surface area (Å²) >= 11 is 0. The zero-order valence-electron chi connectivity index (χ0n) is 8.48. The highest BCUT2D eigenvalue weighted by atomic mass is 19.1. The molecular weight excluding hydrogens is 184 g/mol. The van der Waals surface area contributed by atoms with E-state index in [4.69, 9.17) is 5.73 Å². The molecule has 0 aliphatic heterocycles. The Labute approximate surface area is 82.9 Å². The molecule has 78 valence electrons. The third kappa shape index (κ3) is 2.77. The van der Waals surface area contributed by atoms with E-state index >= 15 is 0 Å². The zero-order valence-corrected chi connectivity index (χ0v) is 8.48. The number of hydrogen-bond donors (Lipinski definition) is 1. The minimum atomic E-state index is -1.46. The van der Waals surface area contributed by atoms with E-state index in [0.29, 0.717) is 5.56 Å². The van der Waals surface area contributed by atoms with Gasteiger partial charge in [-0.3, -0.25) is 0 Å². The second-order valence-electron chi connectivity index (χ2n) is 3.87. The first-order chi connectivity index (χ1) is 6.44. The standard InChI is InChI=1S/C11H15F2N/c1-8-3-4-10(12)5-9(8)6-11(2,13)7-14/h3-5H,6-7,14H2,1-2H3. The molecule has 1 rings (SSSR count). The predicted molar refractivity (Wildman–Crippen MR) is 53.4 cm³/mol. The highest BCUT2D eigenvalue weighted by Gasteiger charge is 2.22. The number of nitrogens with two attached hydrogens (primary N) is 1. The quantitative estimate of drug-likeness (QED) is 0.794. The molecule has 0 bridgehead atoms. The average Bonchev–Trinajstić information content (AvgIpc) is 2.11. The molecule has 0 aromatic heterocycles. The molecule has 0 radical (unpaired) electrons. The summed E-state index contributed by atoms with van der Waals surface area (Å²) in [7, 11) is 0. The van der Waals surface area contributed by atoms with Gasteiger partial charge in [0.05, 0.1) is 0 Å². The first-order valence-corrected chi connectivity index (χ1v) is 4.58. The van der Waals surface area contributed by atoms with Crippen molar-refractivity contribution in [2.24, 2.45) is 5.73 Å². The van der Waals surface area contributed by atoms with Crippen molar-refractivity contribution >= 4 is 0 Å². The predicted octanol–water partition coefficient (Wildman–Crippen LogP) is 2.36. The van der Waals surface area contributed by atoms with Crippen LogP contribution in [0.2, 0.25) is 0 Å². The Morgan fingerprint density at radius 1 is 1.43 bits per heavy atom. The van der Waals surface area contributed by atoms with Crippen LogP contribution < -0.4 is 5.73 Å². The molecule has 1 aromatic carbocycles. The van der Waals surface area contributed by atoms with E-state index in [-0.39, 0.29) is 18.8 Å². The van der Waals surface area contributed by atoms with Crippen LogP contribution in [0.1, 0.15) is 18.1 Å². The van der Waals surface area contributed by atoms with Crippen molar-refractivity contribution in [3.63, 3.8) is 0 Å². The normalized spacial score (nSPS) is 15.2. The van der Waals surface area contributed by atoms with Crippen LogP contribution in [0.5, 0.6) is 0 Å². The van der Waals surface area contributed by atoms with Crippen molar-refractivity contribution in [3.05, 3.63) is 35.1 Å². The van der Waals surface area contributed by atoms with Crippen LogP contribution in [-0.4, -0.2) is 12.2 Å². The summed E-state index contributed by atoms with van der Waals surface area (Å²) in [6.45, 7) is 3.21. The Kier molecular flexibility index (Phi) is 3.21. The summed E-state index contributed by atoms with van der Waals surface area (Å²) in [6, 6.07) is 4.39. The Bertz CT molecular complexity index is 321. The third-order valence-electron chi connectivity index (χ3n) is 2.30. The number of halogens is 2. The summed E-state index contributed by atoms with van der Waals surface area (Å²) in [5, 5.41) is 0. The molecule has 0 heterocycles.